The molecule has 1 aliphatic carbocycles. The zero-order valence-corrected chi connectivity index (χ0v) is 36.4. The highest BCUT2D eigenvalue weighted by molar-refractivity contribution is 7.25. The fraction of sp³-hybridized carbons (Fsp3) is 0.220. The fourth-order valence-electron chi connectivity index (χ4n) is 10.6. The largest absolute Gasteiger partial charge is 0.135 e. The van der Waals surface area contributed by atoms with E-state index in [1.165, 1.54) is 92.1 Å². The summed E-state index contributed by atoms with van der Waals surface area (Å²) >= 11 is 1.92. The second-order valence-corrected chi connectivity index (χ2v) is 19.2. The number of hydrogen-bond donors (Lipinski definition) is 0. The second kappa shape index (κ2) is 15.7. The molecule has 0 N–H and O–H groups in total. The van der Waals surface area contributed by atoms with Gasteiger partial charge < -0.3 is 0 Å². The predicted octanol–water partition coefficient (Wildman–Crippen LogP) is 16.5. The molecule has 3 atom stereocenters. The van der Waals surface area contributed by atoms with E-state index in [0.29, 0.717) is 17.8 Å². The molecule has 1 heterocycles. The Morgan fingerprint density at radius 2 is 1.15 bits per heavy atom. The van der Waals surface area contributed by atoms with Gasteiger partial charge in [0.25, 0.3) is 0 Å². The Morgan fingerprint density at radius 3 is 1.88 bits per heavy atom. The second-order valence-electron chi connectivity index (χ2n) is 18.2. The molecule has 0 nitrogen and oxygen atoms in total. The van der Waals surface area contributed by atoms with E-state index in [2.05, 4.69) is 211 Å². The van der Waals surface area contributed by atoms with Crippen LogP contribution in [0.2, 0.25) is 0 Å². The topological polar surface area (TPSA) is 0 Å². The van der Waals surface area contributed by atoms with Crippen molar-refractivity contribution in [2.24, 2.45) is 0 Å². The van der Waals surface area contributed by atoms with Gasteiger partial charge in [0.15, 0.2) is 0 Å². The molecular formula is C59H54S. The number of aryl methyl sites for hydroxylation is 1. The van der Waals surface area contributed by atoms with Crippen molar-refractivity contribution in [3.63, 3.8) is 0 Å². The molecule has 0 saturated carbocycles. The summed E-state index contributed by atoms with van der Waals surface area (Å²) in [6.07, 6.45) is 3.04. The van der Waals surface area contributed by atoms with Crippen LogP contribution >= 0.6 is 11.3 Å². The van der Waals surface area contributed by atoms with Crippen LogP contribution in [-0.4, -0.2) is 0 Å². The molecule has 0 bridgehead atoms. The van der Waals surface area contributed by atoms with Crippen LogP contribution in [0.1, 0.15) is 115 Å². The van der Waals surface area contributed by atoms with E-state index in [1.54, 1.807) is 0 Å². The van der Waals surface area contributed by atoms with Crippen molar-refractivity contribution in [3.8, 4) is 11.1 Å². The van der Waals surface area contributed by atoms with Gasteiger partial charge >= 0.3 is 0 Å². The van der Waals surface area contributed by atoms with E-state index in [1.807, 2.05) is 11.3 Å². The quantitative estimate of drug-likeness (QED) is 0.122. The van der Waals surface area contributed by atoms with Crippen LogP contribution in [0.15, 0.2) is 176 Å². The lowest BCUT2D eigenvalue weighted by atomic mass is 9.76. The van der Waals surface area contributed by atoms with Gasteiger partial charge in [-0.3, -0.25) is 0 Å². The maximum Gasteiger partial charge on any atom is 0.0358 e. The summed E-state index contributed by atoms with van der Waals surface area (Å²) in [7, 11) is 0. The molecule has 0 saturated heterocycles. The first-order valence-electron chi connectivity index (χ1n) is 22.0. The molecule has 9 aromatic rings. The van der Waals surface area contributed by atoms with Crippen LogP contribution in [-0.2, 0) is 18.3 Å². The van der Waals surface area contributed by atoms with Crippen LogP contribution in [0.25, 0.3) is 42.1 Å². The molecule has 0 amide bonds. The van der Waals surface area contributed by atoms with Crippen LogP contribution in [0.5, 0.6) is 0 Å². The highest BCUT2D eigenvalue weighted by Gasteiger charge is 2.38. The lowest BCUT2D eigenvalue weighted by molar-refractivity contribution is 0.569. The minimum atomic E-state index is -0.131. The first kappa shape index (κ1) is 38.4. The Kier molecular flexibility index (Phi) is 10.1. The van der Waals surface area contributed by atoms with Crippen molar-refractivity contribution >= 4 is 42.3 Å². The van der Waals surface area contributed by atoms with E-state index in [4.69, 9.17) is 0 Å². The maximum atomic E-state index is 2.59. The molecule has 10 rings (SSSR count). The minimum absolute atomic E-state index is 0.131. The van der Waals surface area contributed by atoms with Crippen molar-refractivity contribution in [1.29, 1.82) is 0 Å². The van der Waals surface area contributed by atoms with E-state index in [-0.39, 0.29) is 11.3 Å². The van der Waals surface area contributed by atoms with E-state index in [0.717, 1.165) is 19.3 Å². The Hall–Kier alpha value is -5.76. The van der Waals surface area contributed by atoms with Crippen molar-refractivity contribution in [2.75, 3.05) is 0 Å². The monoisotopic (exact) mass is 794 g/mol. The molecule has 60 heavy (non-hydrogen) atoms. The van der Waals surface area contributed by atoms with Crippen molar-refractivity contribution in [3.05, 3.63) is 226 Å². The summed E-state index contributed by atoms with van der Waals surface area (Å²) in [5.41, 5.74) is 15.5. The zero-order valence-electron chi connectivity index (χ0n) is 35.6. The zero-order chi connectivity index (χ0) is 41.0. The van der Waals surface area contributed by atoms with Crippen LogP contribution < -0.4 is 0 Å². The van der Waals surface area contributed by atoms with Crippen molar-refractivity contribution < 1.29 is 0 Å². The summed E-state index contributed by atoms with van der Waals surface area (Å²) in [6.45, 7) is 11.9. The molecule has 0 fully saturated rings. The Bertz CT molecular complexity index is 2970. The predicted molar refractivity (Wildman–Crippen MR) is 259 cm³/mol. The molecule has 1 heteroatoms. The van der Waals surface area contributed by atoms with E-state index < -0.39 is 0 Å². The lowest BCUT2D eigenvalue weighted by Crippen LogP contribution is -2.17. The summed E-state index contributed by atoms with van der Waals surface area (Å²) < 4.78 is 2.74. The number of fused-ring (bicyclic) bond motifs is 8. The van der Waals surface area contributed by atoms with Gasteiger partial charge in [-0.2, -0.15) is 0 Å². The van der Waals surface area contributed by atoms with Crippen molar-refractivity contribution in [1.82, 2.24) is 0 Å². The van der Waals surface area contributed by atoms with Crippen LogP contribution in [0, 0.1) is 0 Å². The van der Waals surface area contributed by atoms with Gasteiger partial charge in [0.05, 0.1) is 0 Å². The molecular weight excluding hydrogens is 741 g/mol. The van der Waals surface area contributed by atoms with Gasteiger partial charge in [0.1, 0.15) is 0 Å². The third-order valence-electron chi connectivity index (χ3n) is 14.0. The molecule has 0 aliphatic heterocycles. The third-order valence-corrected chi connectivity index (χ3v) is 15.1. The molecule has 8 aromatic carbocycles. The Labute approximate surface area is 360 Å². The molecule has 296 valence electrons. The summed E-state index contributed by atoms with van der Waals surface area (Å²) in [5.74, 6) is 1.52. The maximum absolute atomic E-state index is 2.59. The summed E-state index contributed by atoms with van der Waals surface area (Å²) in [5, 5.41) is 5.56. The molecule has 1 aliphatic rings. The lowest BCUT2D eigenvalue weighted by Gasteiger charge is -2.28. The molecule has 0 radical (unpaired) electrons. The van der Waals surface area contributed by atoms with Crippen LogP contribution in [0.4, 0.5) is 0 Å². The standard InChI is InChI=1S/C59H54S/c1-38(2)41-29-27-40(28-30-41)35-52(43-19-10-7-11-20-43)39(3)44-31-34-50-53(36-44)59(4,5)54-37-45(46-21-12-13-22-48(46)57(50)54)32-33-47(42-17-8-6-9-18-42)49-24-16-26-56-58(49)51-23-14-15-25-55(51)60-56/h6-31,34,36-39,47,52H,32-33,35H2,1-5H3. The fourth-order valence-corrected chi connectivity index (χ4v) is 11.7. The first-order chi connectivity index (χ1) is 29.3. The Morgan fingerprint density at radius 1 is 0.517 bits per heavy atom. The normalized spacial score (nSPS) is 14.7. The smallest absolute Gasteiger partial charge is 0.0358 e. The average molecular weight is 795 g/mol. The minimum Gasteiger partial charge on any atom is -0.135 e. The number of hydrogen-bond acceptors (Lipinski definition) is 1. The Balaban J connectivity index is 1.02. The highest BCUT2D eigenvalue weighted by atomic mass is 32.1. The number of thiophene rings is 1. The van der Waals surface area contributed by atoms with Gasteiger partial charge in [-0.05, 0) is 121 Å². The van der Waals surface area contributed by atoms with Gasteiger partial charge in [-0.15, -0.1) is 11.3 Å². The van der Waals surface area contributed by atoms with Gasteiger partial charge in [-0.25, -0.2) is 0 Å². The highest BCUT2D eigenvalue weighted by Crippen LogP contribution is 2.53. The van der Waals surface area contributed by atoms with Gasteiger partial charge in [0, 0.05) is 31.5 Å². The van der Waals surface area contributed by atoms with E-state index >= 15 is 0 Å². The van der Waals surface area contributed by atoms with Gasteiger partial charge in [-0.1, -0.05) is 198 Å². The first-order valence-corrected chi connectivity index (χ1v) is 22.9. The SMILES string of the molecule is CC(C)c1ccc(CC(c2ccccc2)C(C)c2ccc3c(c2)C(C)(C)c2cc(CCC(c4ccccc4)c4cccc5sc6ccccc6c45)c4ccccc4c2-3)cc1. The van der Waals surface area contributed by atoms with Crippen LogP contribution in [0.3, 0.4) is 0 Å². The summed E-state index contributed by atoms with van der Waals surface area (Å²) in [4.78, 5) is 0. The molecule has 1 aromatic heterocycles. The van der Waals surface area contributed by atoms with Crippen molar-refractivity contribution in [2.45, 2.75) is 83.0 Å². The average Bonchev–Trinajstić information content (AvgIpc) is 3.78. The molecule has 3 unspecified atom stereocenters. The summed E-state index contributed by atoms with van der Waals surface area (Å²) in [6, 6.07) is 67.0. The number of rotatable bonds is 11. The third kappa shape index (κ3) is 6.78. The van der Waals surface area contributed by atoms with Gasteiger partial charge in [0.2, 0.25) is 0 Å². The number of benzene rings is 8. The molecule has 0 spiro atoms. The van der Waals surface area contributed by atoms with E-state index in [9.17, 15) is 0 Å².